The number of hydrogen-bond acceptors (Lipinski definition) is 3. The van der Waals surface area contributed by atoms with Crippen molar-refractivity contribution in [2.24, 2.45) is 0 Å². The lowest BCUT2D eigenvalue weighted by Crippen LogP contribution is -2.19. The minimum absolute atomic E-state index is 0.0245. The van der Waals surface area contributed by atoms with Crippen molar-refractivity contribution in [2.75, 3.05) is 7.05 Å². The number of likely N-dealkylation sites (N-methyl/N-ethyl adjacent to an activating group) is 1. The molecule has 1 aromatic heterocycles. The zero-order valence-electron chi connectivity index (χ0n) is 9.28. The Balaban J connectivity index is 2.23. The Morgan fingerprint density at radius 1 is 1.53 bits per heavy atom. The molecule has 2 nitrogen and oxygen atoms in total. The standard InChI is InChI=1S/C12H12BrFN2S/c1-15-12(5-9-6-16-7-17-9)10-3-2-8(13)4-11(10)14/h2-4,6-7,12,15H,5H2,1H3. The summed E-state index contributed by atoms with van der Waals surface area (Å²) in [4.78, 5) is 5.17. The Hall–Kier alpha value is -0.780. The molecule has 0 spiro atoms. The molecule has 0 bridgehead atoms. The van der Waals surface area contributed by atoms with Gasteiger partial charge in [0, 0.05) is 33.6 Å². The molecular weight excluding hydrogens is 303 g/mol. The second-order valence-electron chi connectivity index (χ2n) is 3.68. The smallest absolute Gasteiger partial charge is 0.129 e. The molecule has 2 aromatic rings. The van der Waals surface area contributed by atoms with E-state index in [0.29, 0.717) is 5.56 Å². The van der Waals surface area contributed by atoms with Crippen LogP contribution in [0.5, 0.6) is 0 Å². The first kappa shape index (κ1) is 12.7. The van der Waals surface area contributed by atoms with E-state index in [9.17, 15) is 4.39 Å². The molecule has 5 heteroatoms. The van der Waals surface area contributed by atoms with Crippen LogP contribution < -0.4 is 5.32 Å². The van der Waals surface area contributed by atoms with Crippen LogP contribution in [-0.4, -0.2) is 12.0 Å². The van der Waals surface area contributed by atoms with Crippen molar-refractivity contribution < 1.29 is 4.39 Å². The summed E-state index contributed by atoms with van der Waals surface area (Å²) in [5, 5.41) is 3.14. The van der Waals surface area contributed by atoms with Crippen LogP contribution in [-0.2, 0) is 6.42 Å². The highest BCUT2D eigenvalue weighted by Gasteiger charge is 2.15. The molecule has 90 valence electrons. The predicted molar refractivity (Wildman–Crippen MR) is 71.7 cm³/mol. The summed E-state index contributed by atoms with van der Waals surface area (Å²) in [6.07, 6.45) is 2.57. The van der Waals surface area contributed by atoms with Crippen molar-refractivity contribution in [1.82, 2.24) is 10.3 Å². The van der Waals surface area contributed by atoms with Gasteiger partial charge in [0.25, 0.3) is 0 Å². The lowest BCUT2D eigenvalue weighted by atomic mass is 10.0. The van der Waals surface area contributed by atoms with Crippen molar-refractivity contribution >= 4 is 27.3 Å². The number of rotatable bonds is 4. The van der Waals surface area contributed by atoms with Crippen molar-refractivity contribution in [3.05, 3.63) is 50.6 Å². The molecule has 1 unspecified atom stereocenters. The largest absolute Gasteiger partial charge is 0.313 e. The second-order valence-corrected chi connectivity index (χ2v) is 5.57. The van der Waals surface area contributed by atoms with Gasteiger partial charge in [0.1, 0.15) is 5.82 Å². The predicted octanol–water partition coefficient (Wildman–Crippen LogP) is 3.55. The number of halogens is 2. The third-order valence-electron chi connectivity index (χ3n) is 2.58. The SMILES string of the molecule is CNC(Cc1cncs1)c1ccc(Br)cc1F. The van der Waals surface area contributed by atoms with Crippen molar-refractivity contribution in [3.63, 3.8) is 0 Å². The molecular formula is C12H12BrFN2S. The van der Waals surface area contributed by atoms with Gasteiger partial charge in [0.2, 0.25) is 0 Å². The zero-order valence-corrected chi connectivity index (χ0v) is 11.7. The maximum atomic E-state index is 13.8. The maximum absolute atomic E-state index is 13.8. The third-order valence-corrected chi connectivity index (χ3v) is 3.87. The summed E-state index contributed by atoms with van der Waals surface area (Å²) in [5.74, 6) is -0.191. The first-order valence-corrected chi connectivity index (χ1v) is 6.87. The lowest BCUT2D eigenvalue weighted by Gasteiger charge is -2.16. The van der Waals surface area contributed by atoms with E-state index in [1.165, 1.54) is 6.07 Å². The summed E-state index contributed by atoms with van der Waals surface area (Å²) in [5.41, 5.74) is 2.48. The monoisotopic (exact) mass is 314 g/mol. The fourth-order valence-electron chi connectivity index (χ4n) is 1.70. The van der Waals surface area contributed by atoms with Crippen LogP contribution in [0.2, 0.25) is 0 Å². The molecule has 0 aliphatic heterocycles. The van der Waals surface area contributed by atoms with Crippen LogP contribution in [0.4, 0.5) is 4.39 Å². The highest BCUT2D eigenvalue weighted by atomic mass is 79.9. The molecule has 1 heterocycles. The molecule has 0 amide bonds. The van der Waals surface area contributed by atoms with Gasteiger partial charge in [0.15, 0.2) is 0 Å². The number of nitrogens with one attached hydrogen (secondary N) is 1. The number of thiazole rings is 1. The Morgan fingerprint density at radius 3 is 2.94 bits per heavy atom. The second kappa shape index (κ2) is 5.71. The maximum Gasteiger partial charge on any atom is 0.129 e. The summed E-state index contributed by atoms with van der Waals surface area (Å²) in [6.45, 7) is 0. The normalized spacial score (nSPS) is 12.6. The molecule has 0 saturated heterocycles. The first-order valence-electron chi connectivity index (χ1n) is 5.20. The van der Waals surface area contributed by atoms with E-state index in [-0.39, 0.29) is 11.9 Å². The molecule has 1 atom stereocenters. The van der Waals surface area contributed by atoms with Gasteiger partial charge in [0.05, 0.1) is 5.51 Å². The fraction of sp³-hybridized carbons (Fsp3) is 0.250. The van der Waals surface area contributed by atoms with Crippen molar-refractivity contribution in [3.8, 4) is 0 Å². The molecule has 0 saturated carbocycles. The van der Waals surface area contributed by atoms with Crippen LogP contribution in [0.25, 0.3) is 0 Å². The van der Waals surface area contributed by atoms with Crippen LogP contribution in [0.15, 0.2) is 34.4 Å². The van der Waals surface area contributed by atoms with E-state index < -0.39 is 0 Å². The topological polar surface area (TPSA) is 24.9 Å². The third kappa shape index (κ3) is 3.12. The highest BCUT2D eigenvalue weighted by Crippen LogP contribution is 2.24. The number of nitrogens with zero attached hydrogens (tertiary/aromatic N) is 1. The molecule has 0 aliphatic carbocycles. The Bertz CT molecular complexity index is 487. The Morgan fingerprint density at radius 2 is 2.35 bits per heavy atom. The molecule has 0 fully saturated rings. The minimum Gasteiger partial charge on any atom is -0.313 e. The summed E-state index contributed by atoms with van der Waals surface area (Å²) in [6, 6.07) is 5.13. The van der Waals surface area contributed by atoms with Gasteiger partial charge in [-0.3, -0.25) is 4.98 Å². The highest BCUT2D eigenvalue weighted by molar-refractivity contribution is 9.10. The van der Waals surface area contributed by atoms with E-state index in [1.807, 2.05) is 25.4 Å². The van der Waals surface area contributed by atoms with Gasteiger partial charge in [-0.05, 0) is 19.2 Å². The van der Waals surface area contributed by atoms with E-state index in [2.05, 4.69) is 26.2 Å². The Labute approximate surface area is 112 Å². The average molecular weight is 315 g/mol. The molecule has 0 radical (unpaired) electrons. The summed E-state index contributed by atoms with van der Waals surface area (Å²) >= 11 is 4.85. The summed E-state index contributed by atoms with van der Waals surface area (Å²) < 4.78 is 14.6. The van der Waals surface area contributed by atoms with Crippen LogP contribution in [0.3, 0.4) is 0 Å². The zero-order chi connectivity index (χ0) is 12.3. The minimum atomic E-state index is -0.191. The quantitative estimate of drug-likeness (QED) is 0.933. The lowest BCUT2D eigenvalue weighted by molar-refractivity contribution is 0.535. The van der Waals surface area contributed by atoms with Gasteiger partial charge < -0.3 is 5.32 Å². The van der Waals surface area contributed by atoms with Crippen molar-refractivity contribution in [1.29, 1.82) is 0 Å². The molecule has 1 aromatic carbocycles. The fourth-order valence-corrected chi connectivity index (χ4v) is 2.67. The van der Waals surface area contributed by atoms with Gasteiger partial charge >= 0.3 is 0 Å². The van der Waals surface area contributed by atoms with Crippen molar-refractivity contribution in [2.45, 2.75) is 12.5 Å². The van der Waals surface area contributed by atoms with Gasteiger partial charge in [-0.1, -0.05) is 22.0 Å². The summed E-state index contributed by atoms with van der Waals surface area (Å²) in [7, 11) is 1.84. The molecule has 17 heavy (non-hydrogen) atoms. The van der Waals surface area contributed by atoms with Crippen LogP contribution in [0.1, 0.15) is 16.5 Å². The number of hydrogen-bond donors (Lipinski definition) is 1. The van der Waals surface area contributed by atoms with Crippen LogP contribution >= 0.6 is 27.3 Å². The van der Waals surface area contributed by atoms with Gasteiger partial charge in [-0.2, -0.15) is 0 Å². The van der Waals surface area contributed by atoms with Gasteiger partial charge in [-0.15, -0.1) is 11.3 Å². The first-order chi connectivity index (χ1) is 8.20. The average Bonchev–Trinajstić information content (AvgIpc) is 2.79. The van der Waals surface area contributed by atoms with E-state index >= 15 is 0 Å². The molecule has 1 N–H and O–H groups in total. The van der Waals surface area contributed by atoms with Gasteiger partial charge in [-0.25, -0.2) is 4.39 Å². The number of aromatic nitrogens is 1. The number of benzene rings is 1. The molecule has 2 rings (SSSR count). The van der Waals surface area contributed by atoms with Crippen LogP contribution in [0, 0.1) is 5.82 Å². The molecule has 0 aliphatic rings. The van der Waals surface area contributed by atoms with E-state index in [0.717, 1.165) is 15.8 Å². The van der Waals surface area contributed by atoms with E-state index in [1.54, 1.807) is 16.8 Å². The van der Waals surface area contributed by atoms with E-state index in [4.69, 9.17) is 0 Å². The Kier molecular flexibility index (Phi) is 4.25.